The Hall–Kier alpha value is -2.33. The molecule has 166 valence electrons. The van der Waals surface area contributed by atoms with E-state index in [1.54, 1.807) is 18.3 Å². The number of aliphatic hydroxyl groups excluding tert-OH is 1. The van der Waals surface area contributed by atoms with Crippen molar-refractivity contribution >= 4 is 5.97 Å². The van der Waals surface area contributed by atoms with Crippen molar-refractivity contribution in [1.82, 2.24) is 20.0 Å². The van der Waals surface area contributed by atoms with Gasteiger partial charge in [0.25, 0.3) is 0 Å². The first kappa shape index (κ1) is 20.6. The number of aromatic amines is 1. The SMILES string of the molecule is COC(=O)c1[nH]ncc1CN1C[C@H]2O[C@@]3(CN(Cc4cccc(F)c4)C[C@@H]3[C@@H]2CO)C1. The van der Waals surface area contributed by atoms with E-state index in [1.807, 2.05) is 6.07 Å². The molecule has 3 fully saturated rings. The van der Waals surface area contributed by atoms with Gasteiger partial charge in [-0.3, -0.25) is 14.9 Å². The number of carbonyl (C=O) groups excluding carboxylic acids is 1. The Morgan fingerprint density at radius 2 is 2.16 bits per heavy atom. The van der Waals surface area contributed by atoms with E-state index in [-0.39, 0.29) is 36.0 Å². The molecule has 31 heavy (non-hydrogen) atoms. The number of H-pyrrole nitrogens is 1. The van der Waals surface area contributed by atoms with Crippen LogP contribution in [0.3, 0.4) is 0 Å². The lowest BCUT2D eigenvalue weighted by atomic mass is 9.83. The summed E-state index contributed by atoms with van der Waals surface area (Å²) in [6.07, 6.45) is 1.61. The summed E-state index contributed by atoms with van der Waals surface area (Å²) in [5, 5.41) is 16.9. The lowest BCUT2D eigenvalue weighted by Crippen LogP contribution is -2.53. The van der Waals surface area contributed by atoms with E-state index in [0.717, 1.165) is 24.2 Å². The van der Waals surface area contributed by atoms with Gasteiger partial charge in [0.1, 0.15) is 11.5 Å². The number of esters is 1. The number of hydrogen-bond acceptors (Lipinski definition) is 7. The molecule has 1 aromatic carbocycles. The maximum atomic E-state index is 13.6. The first-order valence-corrected chi connectivity index (χ1v) is 10.6. The quantitative estimate of drug-likeness (QED) is 0.662. The molecule has 0 aliphatic carbocycles. The van der Waals surface area contributed by atoms with E-state index in [9.17, 15) is 14.3 Å². The first-order chi connectivity index (χ1) is 15.0. The lowest BCUT2D eigenvalue weighted by molar-refractivity contribution is -0.120. The molecule has 0 saturated carbocycles. The molecule has 1 spiro atoms. The second-order valence-corrected chi connectivity index (χ2v) is 8.90. The van der Waals surface area contributed by atoms with Gasteiger partial charge in [-0.1, -0.05) is 12.1 Å². The minimum atomic E-state index is -0.435. The van der Waals surface area contributed by atoms with Crippen LogP contribution in [0, 0.1) is 17.7 Å². The zero-order valence-electron chi connectivity index (χ0n) is 17.5. The standard InChI is InChI=1S/C22H27FN4O4/c1-30-21(29)20-15(6-24-25-20)8-27-10-19-17(11-28)18-9-26(12-22(18,13-27)31-19)7-14-3-2-4-16(23)5-14/h2-6,17-19,28H,7-13H2,1H3,(H,24,25)/t17-,18+,19+,22-/m0/s1. The molecule has 3 aliphatic heterocycles. The Bertz CT molecular complexity index is 968. The molecule has 0 radical (unpaired) electrons. The maximum Gasteiger partial charge on any atom is 0.356 e. The van der Waals surface area contributed by atoms with Crippen LogP contribution in [0.1, 0.15) is 21.6 Å². The van der Waals surface area contributed by atoms with Crippen LogP contribution in [-0.2, 0) is 22.6 Å². The van der Waals surface area contributed by atoms with E-state index in [0.29, 0.717) is 31.9 Å². The summed E-state index contributed by atoms with van der Waals surface area (Å²) in [5.41, 5.74) is 1.71. The van der Waals surface area contributed by atoms with Gasteiger partial charge in [0.05, 0.1) is 25.0 Å². The summed E-state index contributed by atoms with van der Waals surface area (Å²) in [6.45, 7) is 4.22. The van der Waals surface area contributed by atoms with Crippen molar-refractivity contribution in [2.45, 2.75) is 24.8 Å². The third kappa shape index (κ3) is 3.65. The number of aromatic nitrogens is 2. The number of ether oxygens (including phenoxy) is 2. The Labute approximate surface area is 179 Å². The number of nitrogens with one attached hydrogen (secondary N) is 1. The summed E-state index contributed by atoms with van der Waals surface area (Å²) >= 11 is 0. The van der Waals surface area contributed by atoms with E-state index < -0.39 is 5.97 Å². The van der Waals surface area contributed by atoms with E-state index in [4.69, 9.17) is 9.47 Å². The zero-order chi connectivity index (χ0) is 21.6. The molecule has 3 aliphatic rings. The topological polar surface area (TPSA) is 90.9 Å². The van der Waals surface area contributed by atoms with Crippen LogP contribution in [0.4, 0.5) is 4.39 Å². The number of halogens is 1. The second kappa shape index (κ2) is 7.98. The third-order valence-electron chi connectivity index (χ3n) is 6.94. The minimum absolute atomic E-state index is 0.0476. The molecule has 5 rings (SSSR count). The second-order valence-electron chi connectivity index (χ2n) is 8.90. The number of methoxy groups -OCH3 is 1. The summed E-state index contributed by atoms with van der Waals surface area (Å²) in [6, 6.07) is 6.69. The fourth-order valence-electron chi connectivity index (χ4n) is 5.71. The van der Waals surface area contributed by atoms with Gasteiger partial charge in [0, 0.05) is 63.3 Å². The first-order valence-electron chi connectivity index (χ1n) is 10.6. The number of likely N-dealkylation sites (tertiary alicyclic amines) is 2. The Morgan fingerprint density at radius 3 is 2.90 bits per heavy atom. The molecular weight excluding hydrogens is 403 g/mol. The number of rotatable bonds is 6. The Kier molecular flexibility index (Phi) is 5.29. The monoisotopic (exact) mass is 430 g/mol. The lowest BCUT2D eigenvalue weighted by Gasteiger charge is -2.40. The van der Waals surface area contributed by atoms with Crippen molar-refractivity contribution in [2.75, 3.05) is 39.9 Å². The van der Waals surface area contributed by atoms with Crippen molar-refractivity contribution in [2.24, 2.45) is 11.8 Å². The van der Waals surface area contributed by atoms with Crippen molar-refractivity contribution in [3.05, 3.63) is 53.1 Å². The summed E-state index contributed by atoms with van der Waals surface area (Å²) in [5.74, 6) is -0.391. The number of hydrogen-bond donors (Lipinski definition) is 2. The molecule has 2 aromatic rings. The van der Waals surface area contributed by atoms with Crippen molar-refractivity contribution in [3.8, 4) is 0 Å². The van der Waals surface area contributed by atoms with Crippen molar-refractivity contribution < 1.29 is 23.8 Å². The molecule has 4 atom stereocenters. The third-order valence-corrected chi connectivity index (χ3v) is 6.94. The highest BCUT2D eigenvalue weighted by Gasteiger charge is 2.62. The maximum absolute atomic E-state index is 13.6. The largest absolute Gasteiger partial charge is 0.464 e. The molecule has 2 N–H and O–H groups in total. The molecule has 0 unspecified atom stereocenters. The minimum Gasteiger partial charge on any atom is -0.464 e. The normalized spacial score (nSPS) is 30.5. The highest BCUT2D eigenvalue weighted by molar-refractivity contribution is 5.88. The summed E-state index contributed by atoms with van der Waals surface area (Å²) in [7, 11) is 1.35. The van der Waals surface area contributed by atoms with Crippen LogP contribution in [0.5, 0.6) is 0 Å². The molecule has 0 amide bonds. The number of fused-ring (bicyclic) bond motifs is 1. The molecular formula is C22H27FN4O4. The van der Waals surface area contributed by atoms with Crippen LogP contribution in [0.2, 0.25) is 0 Å². The molecule has 3 saturated heterocycles. The van der Waals surface area contributed by atoms with E-state index >= 15 is 0 Å². The summed E-state index contributed by atoms with van der Waals surface area (Å²) in [4.78, 5) is 16.6. The van der Waals surface area contributed by atoms with Crippen LogP contribution in [0.25, 0.3) is 0 Å². The van der Waals surface area contributed by atoms with Gasteiger partial charge in [-0.15, -0.1) is 0 Å². The number of carbonyl (C=O) groups is 1. The number of aliphatic hydroxyl groups is 1. The fourth-order valence-corrected chi connectivity index (χ4v) is 5.71. The molecule has 8 nitrogen and oxygen atoms in total. The smallest absolute Gasteiger partial charge is 0.356 e. The van der Waals surface area contributed by atoms with Crippen LogP contribution in [-0.4, -0.2) is 82.7 Å². The van der Waals surface area contributed by atoms with Crippen molar-refractivity contribution in [3.63, 3.8) is 0 Å². The predicted molar refractivity (Wildman–Crippen MR) is 109 cm³/mol. The average molecular weight is 430 g/mol. The number of nitrogens with zero attached hydrogens (tertiary/aromatic N) is 3. The highest BCUT2D eigenvalue weighted by Crippen LogP contribution is 2.49. The van der Waals surface area contributed by atoms with Gasteiger partial charge in [0.15, 0.2) is 0 Å². The highest BCUT2D eigenvalue weighted by atomic mass is 19.1. The Balaban J connectivity index is 1.34. The molecule has 2 bridgehead atoms. The van der Waals surface area contributed by atoms with Gasteiger partial charge in [-0.05, 0) is 17.7 Å². The zero-order valence-corrected chi connectivity index (χ0v) is 17.5. The molecule has 9 heteroatoms. The van der Waals surface area contributed by atoms with Crippen LogP contribution < -0.4 is 0 Å². The predicted octanol–water partition coefficient (Wildman–Crippen LogP) is 1.03. The molecule has 1 aromatic heterocycles. The summed E-state index contributed by atoms with van der Waals surface area (Å²) < 4.78 is 25.0. The van der Waals surface area contributed by atoms with E-state index in [2.05, 4.69) is 20.0 Å². The number of benzene rings is 1. The fraction of sp³-hybridized carbons (Fsp3) is 0.545. The van der Waals surface area contributed by atoms with E-state index in [1.165, 1.54) is 13.2 Å². The average Bonchev–Trinajstić information content (AvgIpc) is 3.37. The van der Waals surface area contributed by atoms with Crippen LogP contribution in [0.15, 0.2) is 30.5 Å². The molecule has 4 heterocycles. The van der Waals surface area contributed by atoms with Gasteiger partial charge < -0.3 is 14.6 Å². The van der Waals surface area contributed by atoms with Gasteiger partial charge >= 0.3 is 5.97 Å². The Morgan fingerprint density at radius 1 is 1.35 bits per heavy atom. The van der Waals surface area contributed by atoms with Crippen molar-refractivity contribution in [1.29, 1.82) is 0 Å². The van der Waals surface area contributed by atoms with Crippen LogP contribution >= 0.6 is 0 Å². The van der Waals surface area contributed by atoms with Gasteiger partial charge in [-0.2, -0.15) is 5.10 Å². The van der Waals surface area contributed by atoms with Gasteiger partial charge in [0.2, 0.25) is 0 Å². The van der Waals surface area contributed by atoms with Gasteiger partial charge in [-0.25, -0.2) is 9.18 Å². The number of morpholine rings is 1.